The first-order valence-electron chi connectivity index (χ1n) is 7.92. The van der Waals surface area contributed by atoms with Crippen molar-refractivity contribution in [3.63, 3.8) is 0 Å². The zero-order valence-electron chi connectivity index (χ0n) is 14.3. The van der Waals surface area contributed by atoms with Gasteiger partial charge in [-0.2, -0.15) is 10.2 Å². The summed E-state index contributed by atoms with van der Waals surface area (Å²) in [4.78, 5) is 16.5. The highest BCUT2D eigenvalue weighted by molar-refractivity contribution is 8.01. The number of hydrogen-bond donors (Lipinski definition) is 1. The summed E-state index contributed by atoms with van der Waals surface area (Å²) in [6.45, 7) is 6.79. The van der Waals surface area contributed by atoms with E-state index >= 15 is 0 Å². The van der Waals surface area contributed by atoms with E-state index in [2.05, 4.69) is 20.6 Å². The van der Waals surface area contributed by atoms with Crippen LogP contribution >= 0.6 is 23.1 Å². The molecule has 0 aliphatic heterocycles. The van der Waals surface area contributed by atoms with E-state index < -0.39 is 0 Å². The van der Waals surface area contributed by atoms with Gasteiger partial charge in [0.05, 0.1) is 27.9 Å². The molecular weight excluding hydrogens is 354 g/mol. The Morgan fingerprint density at radius 1 is 1.40 bits per heavy atom. The molecule has 2 aromatic heterocycles. The van der Waals surface area contributed by atoms with Gasteiger partial charge in [0.1, 0.15) is 0 Å². The molecule has 0 radical (unpaired) electrons. The Bertz CT molecular complexity index is 895. The summed E-state index contributed by atoms with van der Waals surface area (Å²) in [6.07, 6.45) is 1.66. The molecule has 0 saturated carbocycles. The quantitative estimate of drug-likeness (QED) is 0.408. The van der Waals surface area contributed by atoms with Gasteiger partial charge in [-0.05, 0) is 32.9 Å². The number of thiazole rings is 1. The third-order valence-corrected chi connectivity index (χ3v) is 5.90. The molecule has 6 nitrogen and oxygen atoms in total. The van der Waals surface area contributed by atoms with Gasteiger partial charge in [-0.25, -0.2) is 10.4 Å². The highest BCUT2D eigenvalue weighted by Gasteiger charge is 2.09. The second-order valence-corrected chi connectivity index (χ2v) is 7.68. The summed E-state index contributed by atoms with van der Waals surface area (Å²) in [5.41, 5.74) is 6.42. The van der Waals surface area contributed by atoms with E-state index in [1.165, 1.54) is 11.8 Å². The van der Waals surface area contributed by atoms with Crippen LogP contribution in [0.1, 0.15) is 23.9 Å². The lowest BCUT2D eigenvalue weighted by Crippen LogP contribution is -2.19. The molecule has 0 saturated heterocycles. The van der Waals surface area contributed by atoms with Gasteiger partial charge in [0, 0.05) is 17.8 Å². The third-order valence-electron chi connectivity index (χ3n) is 3.72. The minimum absolute atomic E-state index is 0.154. The summed E-state index contributed by atoms with van der Waals surface area (Å²) in [6, 6.07) is 7.95. The Morgan fingerprint density at radius 2 is 2.20 bits per heavy atom. The zero-order valence-corrected chi connectivity index (χ0v) is 15.9. The van der Waals surface area contributed by atoms with Crippen molar-refractivity contribution in [1.82, 2.24) is 20.2 Å². The fourth-order valence-electron chi connectivity index (χ4n) is 2.45. The van der Waals surface area contributed by atoms with E-state index in [9.17, 15) is 4.79 Å². The zero-order chi connectivity index (χ0) is 17.8. The maximum absolute atomic E-state index is 12.0. The molecule has 0 spiro atoms. The molecule has 0 fully saturated rings. The lowest BCUT2D eigenvalue weighted by atomic mass is 10.2. The number of hydrazone groups is 1. The number of aryl methyl sites for hydroxylation is 2. The molecule has 2 heterocycles. The number of fused-ring (bicyclic) bond motifs is 1. The molecule has 1 N–H and O–H groups in total. The Labute approximate surface area is 154 Å². The van der Waals surface area contributed by atoms with E-state index in [0.717, 1.165) is 38.1 Å². The van der Waals surface area contributed by atoms with E-state index in [1.54, 1.807) is 17.6 Å². The fourth-order valence-corrected chi connectivity index (χ4v) is 4.31. The monoisotopic (exact) mass is 373 g/mol. The van der Waals surface area contributed by atoms with Crippen LogP contribution in [0.25, 0.3) is 10.2 Å². The van der Waals surface area contributed by atoms with Crippen molar-refractivity contribution in [2.75, 3.05) is 5.75 Å². The van der Waals surface area contributed by atoms with Gasteiger partial charge < -0.3 is 0 Å². The van der Waals surface area contributed by atoms with Crippen molar-refractivity contribution in [3.05, 3.63) is 41.2 Å². The maximum Gasteiger partial charge on any atom is 0.250 e. The smallest absolute Gasteiger partial charge is 0.250 e. The van der Waals surface area contributed by atoms with Crippen LogP contribution in [0.4, 0.5) is 0 Å². The summed E-state index contributed by atoms with van der Waals surface area (Å²) >= 11 is 3.01. The molecule has 8 heteroatoms. The topological polar surface area (TPSA) is 72.2 Å². The minimum atomic E-state index is -0.154. The fraction of sp³-hybridized carbons (Fsp3) is 0.294. The van der Waals surface area contributed by atoms with E-state index in [1.807, 2.05) is 49.7 Å². The average molecular weight is 374 g/mol. The van der Waals surface area contributed by atoms with E-state index in [0.29, 0.717) is 0 Å². The number of carbonyl (C=O) groups excluding carboxylic acids is 1. The number of amides is 1. The first-order chi connectivity index (χ1) is 12.1. The highest BCUT2D eigenvalue weighted by atomic mass is 32.2. The predicted octanol–water partition coefficient (Wildman–Crippen LogP) is 3.37. The van der Waals surface area contributed by atoms with Crippen LogP contribution in [0, 0.1) is 13.8 Å². The Hall–Kier alpha value is -2.19. The predicted molar refractivity (Wildman–Crippen MR) is 103 cm³/mol. The van der Waals surface area contributed by atoms with E-state index in [-0.39, 0.29) is 11.7 Å². The number of carbonyl (C=O) groups is 1. The summed E-state index contributed by atoms with van der Waals surface area (Å²) in [7, 11) is 0. The van der Waals surface area contributed by atoms with Crippen LogP contribution in [-0.4, -0.2) is 32.6 Å². The normalized spacial score (nSPS) is 11.5. The van der Waals surface area contributed by atoms with Gasteiger partial charge >= 0.3 is 0 Å². The van der Waals surface area contributed by atoms with Crippen LogP contribution in [0.5, 0.6) is 0 Å². The van der Waals surface area contributed by atoms with Crippen LogP contribution in [0.15, 0.2) is 33.7 Å². The van der Waals surface area contributed by atoms with Crippen LogP contribution in [0.3, 0.4) is 0 Å². The average Bonchev–Trinajstić information content (AvgIpc) is 3.14. The number of benzene rings is 1. The molecule has 0 aliphatic carbocycles. The number of nitrogens with one attached hydrogen (secondary N) is 1. The van der Waals surface area contributed by atoms with E-state index in [4.69, 9.17) is 0 Å². The van der Waals surface area contributed by atoms with Crippen LogP contribution in [0.2, 0.25) is 0 Å². The van der Waals surface area contributed by atoms with Crippen molar-refractivity contribution in [3.8, 4) is 0 Å². The van der Waals surface area contributed by atoms with Crippen LogP contribution in [-0.2, 0) is 11.3 Å². The lowest BCUT2D eigenvalue weighted by molar-refractivity contribution is -0.118. The Morgan fingerprint density at radius 3 is 2.92 bits per heavy atom. The maximum atomic E-state index is 12.0. The molecule has 3 aromatic rings. The van der Waals surface area contributed by atoms with Crippen molar-refractivity contribution >= 4 is 45.4 Å². The van der Waals surface area contributed by atoms with Gasteiger partial charge in [-0.15, -0.1) is 11.3 Å². The van der Waals surface area contributed by atoms with Gasteiger partial charge in [-0.3, -0.25) is 9.48 Å². The van der Waals surface area contributed by atoms with Gasteiger partial charge in [0.15, 0.2) is 4.34 Å². The largest absolute Gasteiger partial charge is 0.272 e. The first-order valence-corrected chi connectivity index (χ1v) is 9.73. The molecule has 1 aromatic carbocycles. The minimum Gasteiger partial charge on any atom is -0.272 e. The SMILES string of the molecule is CCn1nc(C)c(/C=N\NC(=O)CSc2nc3ccccc3s2)c1C. The molecule has 1 amide bonds. The van der Waals surface area contributed by atoms with Gasteiger partial charge in [0.2, 0.25) is 0 Å². The van der Waals surface area contributed by atoms with Gasteiger partial charge in [0.25, 0.3) is 5.91 Å². The number of nitrogens with zero attached hydrogens (tertiary/aromatic N) is 4. The number of hydrogen-bond acceptors (Lipinski definition) is 6. The summed E-state index contributed by atoms with van der Waals surface area (Å²) in [5, 5.41) is 8.48. The van der Waals surface area contributed by atoms with Gasteiger partial charge in [-0.1, -0.05) is 23.9 Å². The second-order valence-electron chi connectivity index (χ2n) is 5.43. The summed E-state index contributed by atoms with van der Waals surface area (Å²) < 4.78 is 3.93. The Kier molecular flexibility index (Phi) is 5.50. The molecule has 0 atom stereocenters. The van der Waals surface area contributed by atoms with Crippen molar-refractivity contribution < 1.29 is 4.79 Å². The molecule has 25 heavy (non-hydrogen) atoms. The molecule has 0 bridgehead atoms. The molecule has 3 rings (SSSR count). The number of aromatic nitrogens is 3. The number of rotatable bonds is 6. The van der Waals surface area contributed by atoms with Crippen molar-refractivity contribution in [1.29, 1.82) is 0 Å². The molecule has 0 aliphatic rings. The third kappa shape index (κ3) is 4.08. The molecule has 0 unspecified atom stereocenters. The standard InChI is InChI=1S/C17H19N5OS2/c1-4-22-12(3)13(11(2)21-22)9-18-20-16(23)10-24-17-19-14-7-5-6-8-15(14)25-17/h5-9H,4,10H2,1-3H3,(H,20,23)/b18-9-. The van der Waals surface area contributed by atoms with Crippen molar-refractivity contribution in [2.24, 2.45) is 5.10 Å². The highest BCUT2D eigenvalue weighted by Crippen LogP contribution is 2.28. The lowest BCUT2D eigenvalue weighted by Gasteiger charge is -1.99. The molecular formula is C17H19N5OS2. The number of para-hydroxylation sites is 1. The molecule has 130 valence electrons. The summed E-state index contributed by atoms with van der Waals surface area (Å²) in [5.74, 6) is 0.127. The first kappa shape index (κ1) is 17.6. The second kappa shape index (κ2) is 7.79. The van der Waals surface area contributed by atoms with Crippen molar-refractivity contribution in [2.45, 2.75) is 31.7 Å². The number of thioether (sulfide) groups is 1. The Balaban J connectivity index is 1.55. The van der Waals surface area contributed by atoms with Crippen LogP contribution < -0.4 is 5.43 Å².